The van der Waals surface area contributed by atoms with Gasteiger partial charge < -0.3 is 25.3 Å². The lowest BCUT2D eigenvalue weighted by molar-refractivity contribution is -0.151. The van der Waals surface area contributed by atoms with Gasteiger partial charge in [0.05, 0.1) is 22.5 Å². The van der Waals surface area contributed by atoms with Crippen LogP contribution in [0.15, 0.2) is 18.2 Å². The number of hydrogen-bond acceptors (Lipinski definition) is 10. The fourth-order valence-corrected chi connectivity index (χ4v) is 4.58. The summed E-state index contributed by atoms with van der Waals surface area (Å²) in [5.41, 5.74) is 1.21. The number of benzene rings is 1. The molecule has 1 aromatic heterocycles. The number of halogens is 3. The number of anilines is 1. The van der Waals surface area contributed by atoms with Gasteiger partial charge in [-0.1, -0.05) is 13.8 Å². The topological polar surface area (TPSA) is 169 Å². The Labute approximate surface area is 238 Å². The van der Waals surface area contributed by atoms with Crippen molar-refractivity contribution in [1.29, 1.82) is 0 Å². The van der Waals surface area contributed by atoms with Crippen molar-refractivity contribution in [3.63, 3.8) is 0 Å². The van der Waals surface area contributed by atoms with E-state index in [1.807, 2.05) is 0 Å². The maximum atomic E-state index is 14.0. The molecule has 0 saturated heterocycles. The van der Waals surface area contributed by atoms with Crippen molar-refractivity contribution >= 4 is 35.3 Å². The molecule has 42 heavy (non-hydrogen) atoms. The van der Waals surface area contributed by atoms with Crippen molar-refractivity contribution in [2.24, 2.45) is 11.1 Å². The third-order valence-electron chi connectivity index (χ3n) is 6.38. The molecule has 0 atom stereocenters. The van der Waals surface area contributed by atoms with Crippen LogP contribution in [-0.4, -0.2) is 64.7 Å². The molecular weight excluding hydrogens is 565 g/mol. The molecule has 0 spiro atoms. The minimum atomic E-state index is -4.92. The van der Waals surface area contributed by atoms with Crippen molar-refractivity contribution in [3.8, 4) is 5.69 Å². The van der Waals surface area contributed by atoms with Gasteiger partial charge in [-0.25, -0.2) is 4.68 Å². The number of nitrogens with one attached hydrogen (secondary N) is 1. The molecule has 15 heteroatoms. The number of fused-ring (bicyclic) bond motifs is 1. The van der Waals surface area contributed by atoms with Gasteiger partial charge in [-0.05, 0) is 30.0 Å². The van der Waals surface area contributed by atoms with Crippen LogP contribution in [0.25, 0.3) is 5.69 Å². The van der Waals surface area contributed by atoms with E-state index in [4.69, 9.17) is 19.9 Å². The maximum Gasteiger partial charge on any atom is 0.435 e. The molecule has 0 unspecified atom stereocenters. The van der Waals surface area contributed by atoms with E-state index in [0.717, 1.165) is 25.5 Å². The van der Waals surface area contributed by atoms with Gasteiger partial charge in [0.25, 0.3) is 5.91 Å². The molecule has 228 valence electrons. The highest BCUT2D eigenvalue weighted by Crippen LogP contribution is 2.42. The molecule has 0 radical (unpaired) electrons. The first-order valence-corrected chi connectivity index (χ1v) is 12.7. The number of nitrogens with zero attached hydrogens (tertiary/aromatic N) is 2. The molecule has 3 rings (SSSR count). The second-order valence-electron chi connectivity index (χ2n) is 10.9. The molecule has 1 aliphatic carbocycles. The Balaban J connectivity index is 2.23. The Kier molecular flexibility index (Phi) is 9.03. The molecule has 0 saturated carbocycles. The minimum absolute atomic E-state index is 0.0288. The van der Waals surface area contributed by atoms with Gasteiger partial charge in [0.1, 0.15) is 25.4 Å². The molecule has 1 heterocycles. The fraction of sp³-hybridized carbons (Fsp3) is 0.481. The van der Waals surface area contributed by atoms with Crippen LogP contribution in [0.2, 0.25) is 0 Å². The summed E-state index contributed by atoms with van der Waals surface area (Å²) < 4.78 is 58.3. The number of carbonyl (C=O) groups is 5. The Morgan fingerprint density at radius 2 is 1.50 bits per heavy atom. The average Bonchev–Trinajstić information content (AvgIpc) is 3.24. The Morgan fingerprint density at radius 3 is 1.95 bits per heavy atom. The zero-order chi connectivity index (χ0) is 31.6. The third-order valence-corrected chi connectivity index (χ3v) is 6.38. The molecule has 1 amide bonds. The normalized spacial score (nSPS) is 14.5. The van der Waals surface area contributed by atoms with E-state index >= 15 is 0 Å². The first-order chi connectivity index (χ1) is 19.3. The fourth-order valence-electron chi connectivity index (χ4n) is 4.58. The molecule has 2 aromatic rings. The van der Waals surface area contributed by atoms with Crippen molar-refractivity contribution in [2.45, 2.75) is 59.2 Å². The highest BCUT2D eigenvalue weighted by molar-refractivity contribution is 6.01. The Hall–Kier alpha value is -4.43. The van der Waals surface area contributed by atoms with Crippen molar-refractivity contribution in [1.82, 2.24) is 9.78 Å². The highest BCUT2D eigenvalue weighted by atomic mass is 19.4. The molecule has 0 bridgehead atoms. The maximum absolute atomic E-state index is 14.0. The lowest BCUT2D eigenvalue weighted by atomic mass is 9.75. The van der Waals surface area contributed by atoms with Crippen LogP contribution in [0.3, 0.4) is 0 Å². The van der Waals surface area contributed by atoms with Crippen LogP contribution in [0.4, 0.5) is 18.9 Å². The second-order valence-corrected chi connectivity index (χ2v) is 10.9. The predicted octanol–water partition coefficient (Wildman–Crippen LogP) is 2.99. The summed E-state index contributed by atoms with van der Waals surface area (Å²) in [6.45, 7) is 5.25. The Morgan fingerprint density at radius 1 is 0.976 bits per heavy atom. The summed E-state index contributed by atoms with van der Waals surface area (Å²) in [5, 5.41) is 6.66. The molecule has 0 aliphatic heterocycles. The number of Topliss-reactive ketones (excluding diaryl/α,β-unsaturated/α-hetero) is 1. The number of aromatic nitrogens is 2. The number of carbonyl (C=O) groups excluding carboxylic acids is 5. The highest BCUT2D eigenvalue weighted by Gasteiger charge is 2.45. The van der Waals surface area contributed by atoms with Gasteiger partial charge >= 0.3 is 24.1 Å². The van der Waals surface area contributed by atoms with Gasteiger partial charge in [-0.15, -0.1) is 0 Å². The van der Waals surface area contributed by atoms with Gasteiger partial charge in [-0.2, -0.15) is 18.3 Å². The van der Waals surface area contributed by atoms with Crippen LogP contribution in [-0.2, 0) is 41.2 Å². The van der Waals surface area contributed by atoms with E-state index < -0.39 is 77.8 Å². The summed E-state index contributed by atoms with van der Waals surface area (Å²) in [5.74, 6) is -3.84. The number of ether oxygens (including phenoxy) is 3. The Bertz CT molecular complexity index is 1390. The number of primary amides is 1. The number of ketones is 1. The van der Waals surface area contributed by atoms with Crippen LogP contribution in [0.5, 0.6) is 0 Å². The van der Waals surface area contributed by atoms with Gasteiger partial charge in [0, 0.05) is 32.9 Å². The summed E-state index contributed by atoms with van der Waals surface area (Å²) >= 11 is 0. The largest absolute Gasteiger partial charge is 0.463 e. The smallest absolute Gasteiger partial charge is 0.435 e. The van der Waals surface area contributed by atoms with Crippen LogP contribution >= 0.6 is 0 Å². The SMILES string of the molecule is CC(=O)OCC(COC(C)=O)(COC(C)=O)Nc1cc(-n2nc(C(F)(F)F)c3c2CC(C)(C)CC3=O)ccc1C(N)=O. The number of amides is 1. The van der Waals surface area contributed by atoms with Crippen LogP contribution in [0.1, 0.15) is 73.1 Å². The van der Waals surface area contributed by atoms with E-state index in [2.05, 4.69) is 10.4 Å². The second kappa shape index (κ2) is 11.8. The first kappa shape index (κ1) is 32.1. The van der Waals surface area contributed by atoms with Crippen molar-refractivity contribution < 1.29 is 51.4 Å². The number of hydrogen-bond donors (Lipinski definition) is 2. The summed E-state index contributed by atoms with van der Waals surface area (Å²) in [6, 6.07) is 3.78. The number of rotatable bonds is 10. The van der Waals surface area contributed by atoms with Gasteiger partial charge in [-0.3, -0.25) is 24.0 Å². The van der Waals surface area contributed by atoms with Gasteiger partial charge in [0.15, 0.2) is 11.5 Å². The summed E-state index contributed by atoms with van der Waals surface area (Å²) in [6.07, 6.45) is -4.94. The molecule has 1 aromatic carbocycles. The number of esters is 3. The molecular formula is C27H31F3N4O8. The van der Waals surface area contributed by atoms with Crippen LogP contribution < -0.4 is 11.1 Å². The molecule has 0 fully saturated rings. The number of alkyl halides is 3. The van der Waals surface area contributed by atoms with E-state index in [0.29, 0.717) is 0 Å². The number of nitrogens with two attached hydrogens (primary N) is 1. The molecule has 3 N–H and O–H groups in total. The predicted molar refractivity (Wildman–Crippen MR) is 140 cm³/mol. The van der Waals surface area contributed by atoms with E-state index in [-0.39, 0.29) is 35.5 Å². The van der Waals surface area contributed by atoms with Crippen molar-refractivity contribution in [2.75, 3.05) is 25.1 Å². The third kappa shape index (κ3) is 7.44. The standard InChI is InChI=1S/C27H31F3N4O8/c1-14(35)40-11-26(12-41-15(2)36,13-42-16(3)37)32-19-8-17(6-7-18(19)24(31)39)34-20-9-25(4,5)10-21(38)22(20)23(33-34)27(28,29)30/h6-8,32H,9-13H2,1-5H3,(H2,31,39). The quantitative estimate of drug-likeness (QED) is 0.307. The minimum Gasteiger partial charge on any atom is -0.463 e. The zero-order valence-electron chi connectivity index (χ0n) is 23.6. The first-order valence-electron chi connectivity index (χ1n) is 12.7. The average molecular weight is 597 g/mol. The van der Waals surface area contributed by atoms with Crippen molar-refractivity contribution in [3.05, 3.63) is 40.7 Å². The molecule has 12 nitrogen and oxygen atoms in total. The van der Waals surface area contributed by atoms with E-state index in [1.54, 1.807) is 13.8 Å². The lowest BCUT2D eigenvalue weighted by Crippen LogP contribution is -2.52. The monoisotopic (exact) mass is 596 g/mol. The molecule has 1 aliphatic rings. The van der Waals surface area contributed by atoms with Gasteiger partial charge in [0.2, 0.25) is 0 Å². The summed E-state index contributed by atoms with van der Waals surface area (Å²) in [4.78, 5) is 60.2. The van der Waals surface area contributed by atoms with Crippen LogP contribution in [0, 0.1) is 5.41 Å². The van der Waals surface area contributed by atoms with E-state index in [1.165, 1.54) is 18.2 Å². The van der Waals surface area contributed by atoms with E-state index in [9.17, 15) is 37.1 Å². The summed E-state index contributed by atoms with van der Waals surface area (Å²) in [7, 11) is 0. The zero-order valence-corrected chi connectivity index (χ0v) is 23.6. The lowest BCUT2D eigenvalue weighted by Gasteiger charge is -2.34.